The standard InChI is InChI=1S/C14H14F2N2/c15-14(16)7-13(8-14,9-17)12-3-1-2-10-6-18-5-4-11(10)12/h1-6H,7-9,17H2. The summed E-state index contributed by atoms with van der Waals surface area (Å²) in [5, 5.41) is 1.95. The fourth-order valence-corrected chi connectivity index (χ4v) is 2.97. The normalized spacial score (nSPS) is 20.6. The summed E-state index contributed by atoms with van der Waals surface area (Å²) in [6.45, 7) is 0.254. The van der Waals surface area contributed by atoms with Crippen molar-refractivity contribution < 1.29 is 8.78 Å². The molecule has 4 heteroatoms. The lowest BCUT2D eigenvalue weighted by atomic mass is 9.61. The average molecular weight is 248 g/mol. The molecule has 2 aromatic rings. The van der Waals surface area contributed by atoms with E-state index in [9.17, 15) is 8.78 Å². The minimum Gasteiger partial charge on any atom is -0.330 e. The van der Waals surface area contributed by atoms with Crippen LogP contribution in [-0.4, -0.2) is 17.5 Å². The maximum absolute atomic E-state index is 13.2. The first-order valence-electron chi connectivity index (χ1n) is 5.98. The van der Waals surface area contributed by atoms with Gasteiger partial charge in [-0.15, -0.1) is 0 Å². The van der Waals surface area contributed by atoms with Gasteiger partial charge in [0.2, 0.25) is 5.92 Å². The number of halogens is 2. The van der Waals surface area contributed by atoms with E-state index in [-0.39, 0.29) is 19.4 Å². The first-order chi connectivity index (χ1) is 8.56. The highest BCUT2D eigenvalue weighted by atomic mass is 19.3. The Labute approximate surface area is 104 Å². The van der Waals surface area contributed by atoms with E-state index in [1.807, 2.05) is 24.3 Å². The Balaban J connectivity index is 2.14. The molecule has 1 aromatic heterocycles. The van der Waals surface area contributed by atoms with Gasteiger partial charge in [0.25, 0.3) is 0 Å². The van der Waals surface area contributed by atoms with Crippen LogP contribution in [0.3, 0.4) is 0 Å². The van der Waals surface area contributed by atoms with Gasteiger partial charge in [-0.2, -0.15) is 0 Å². The molecule has 0 spiro atoms. The van der Waals surface area contributed by atoms with Gasteiger partial charge in [0.15, 0.2) is 0 Å². The number of aromatic nitrogens is 1. The van der Waals surface area contributed by atoms with Gasteiger partial charge in [-0.25, -0.2) is 8.78 Å². The molecule has 3 rings (SSSR count). The highest BCUT2D eigenvalue weighted by Gasteiger charge is 2.56. The van der Waals surface area contributed by atoms with E-state index in [1.165, 1.54) is 0 Å². The minimum absolute atomic E-state index is 0.155. The molecule has 0 saturated heterocycles. The number of nitrogens with two attached hydrogens (primary N) is 1. The van der Waals surface area contributed by atoms with Crippen molar-refractivity contribution in [3.05, 3.63) is 42.2 Å². The number of alkyl halides is 2. The number of rotatable bonds is 2. The smallest absolute Gasteiger partial charge is 0.250 e. The third-order valence-electron chi connectivity index (χ3n) is 3.84. The monoisotopic (exact) mass is 248 g/mol. The largest absolute Gasteiger partial charge is 0.330 e. The fourth-order valence-electron chi connectivity index (χ4n) is 2.97. The molecule has 0 amide bonds. The van der Waals surface area contributed by atoms with Gasteiger partial charge in [0, 0.05) is 42.6 Å². The molecule has 2 N–H and O–H groups in total. The Morgan fingerprint density at radius 3 is 2.67 bits per heavy atom. The third kappa shape index (κ3) is 1.60. The van der Waals surface area contributed by atoms with Gasteiger partial charge in [0.1, 0.15) is 0 Å². The summed E-state index contributed by atoms with van der Waals surface area (Å²) >= 11 is 0. The van der Waals surface area contributed by atoms with Crippen LogP contribution in [0.5, 0.6) is 0 Å². The van der Waals surface area contributed by atoms with Crippen LogP contribution in [0.4, 0.5) is 8.78 Å². The summed E-state index contributed by atoms with van der Waals surface area (Å²) in [5.74, 6) is -2.57. The van der Waals surface area contributed by atoms with Crippen molar-refractivity contribution in [3.8, 4) is 0 Å². The van der Waals surface area contributed by atoms with Crippen LogP contribution in [0.15, 0.2) is 36.7 Å². The second kappa shape index (κ2) is 3.72. The molecule has 1 fully saturated rings. The average Bonchev–Trinajstić information content (AvgIpc) is 2.35. The Hall–Kier alpha value is -1.55. The van der Waals surface area contributed by atoms with Crippen LogP contribution in [0.25, 0.3) is 10.8 Å². The summed E-state index contributed by atoms with van der Waals surface area (Å²) in [4.78, 5) is 4.05. The van der Waals surface area contributed by atoms with E-state index < -0.39 is 11.3 Å². The van der Waals surface area contributed by atoms with Gasteiger partial charge in [-0.05, 0) is 17.0 Å². The van der Waals surface area contributed by atoms with Crippen LogP contribution in [0.2, 0.25) is 0 Å². The molecule has 1 heterocycles. The Kier molecular flexibility index (Phi) is 2.38. The molecule has 1 aliphatic rings. The van der Waals surface area contributed by atoms with Crippen molar-refractivity contribution in [2.24, 2.45) is 5.73 Å². The molecule has 0 aliphatic heterocycles. The first kappa shape index (κ1) is 11.5. The predicted molar refractivity (Wildman–Crippen MR) is 66.7 cm³/mol. The molecular weight excluding hydrogens is 234 g/mol. The van der Waals surface area contributed by atoms with Crippen LogP contribution < -0.4 is 5.73 Å². The van der Waals surface area contributed by atoms with Crippen LogP contribution in [0.1, 0.15) is 18.4 Å². The van der Waals surface area contributed by atoms with E-state index >= 15 is 0 Å². The van der Waals surface area contributed by atoms with Gasteiger partial charge in [-0.1, -0.05) is 18.2 Å². The summed E-state index contributed by atoms with van der Waals surface area (Å²) < 4.78 is 26.5. The molecule has 2 nitrogen and oxygen atoms in total. The van der Waals surface area contributed by atoms with Gasteiger partial charge in [-0.3, -0.25) is 4.98 Å². The zero-order valence-electron chi connectivity index (χ0n) is 9.87. The molecular formula is C14H14F2N2. The maximum atomic E-state index is 13.2. The third-order valence-corrected chi connectivity index (χ3v) is 3.84. The van der Waals surface area contributed by atoms with Gasteiger partial charge < -0.3 is 5.73 Å². The van der Waals surface area contributed by atoms with Gasteiger partial charge >= 0.3 is 0 Å². The molecule has 0 atom stereocenters. The zero-order valence-corrected chi connectivity index (χ0v) is 9.87. The number of benzene rings is 1. The van der Waals surface area contributed by atoms with Crippen molar-refractivity contribution in [2.45, 2.75) is 24.2 Å². The summed E-state index contributed by atoms with van der Waals surface area (Å²) in [7, 11) is 0. The highest BCUT2D eigenvalue weighted by molar-refractivity contribution is 5.86. The van der Waals surface area contributed by atoms with Crippen molar-refractivity contribution in [2.75, 3.05) is 6.54 Å². The maximum Gasteiger partial charge on any atom is 0.250 e. The van der Waals surface area contributed by atoms with E-state index in [0.717, 1.165) is 16.3 Å². The van der Waals surface area contributed by atoms with E-state index in [1.54, 1.807) is 12.4 Å². The van der Waals surface area contributed by atoms with Crippen LogP contribution in [-0.2, 0) is 5.41 Å². The van der Waals surface area contributed by atoms with Crippen molar-refractivity contribution in [3.63, 3.8) is 0 Å². The zero-order chi connectivity index (χ0) is 12.8. The quantitative estimate of drug-likeness (QED) is 0.887. The predicted octanol–water partition coefficient (Wildman–Crippen LogP) is 2.86. The highest BCUT2D eigenvalue weighted by Crippen LogP contribution is 2.53. The first-order valence-corrected chi connectivity index (χ1v) is 5.98. The molecule has 1 aliphatic carbocycles. The van der Waals surface area contributed by atoms with Crippen LogP contribution >= 0.6 is 0 Å². The Bertz CT molecular complexity index is 582. The topological polar surface area (TPSA) is 38.9 Å². The second-order valence-electron chi connectivity index (χ2n) is 5.10. The lowest BCUT2D eigenvalue weighted by Gasteiger charge is -2.47. The summed E-state index contributed by atoms with van der Waals surface area (Å²) in [5.41, 5.74) is 6.11. The molecule has 0 radical (unpaired) electrons. The minimum atomic E-state index is -2.57. The molecule has 94 valence electrons. The molecule has 0 unspecified atom stereocenters. The van der Waals surface area contributed by atoms with Crippen molar-refractivity contribution in [1.29, 1.82) is 0 Å². The lowest BCUT2D eigenvalue weighted by Crippen LogP contribution is -2.53. The van der Waals surface area contributed by atoms with E-state index in [4.69, 9.17) is 5.73 Å². The number of nitrogens with zero attached hydrogens (tertiary/aromatic N) is 1. The number of pyridine rings is 1. The van der Waals surface area contributed by atoms with E-state index in [2.05, 4.69) is 4.98 Å². The molecule has 0 bridgehead atoms. The Morgan fingerprint density at radius 1 is 1.22 bits per heavy atom. The van der Waals surface area contributed by atoms with E-state index in [0.29, 0.717) is 0 Å². The number of hydrogen-bond acceptors (Lipinski definition) is 2. The molecule has 1 aromatic carbocycles. The van der Waals surface area contributed by atoms with Crippen molar-refractivity contribution in [1.82, 2.24) is 4.98 Å². The molecule has 18 heavy (non-hydrogen) atoms. The Morgan fingerprint density at radius 2 is 2.00 bits per heavy atom. The summed E-state index contributed by atoms with van der Waals surface area (Å²) in [6, 6.07) is 7.60. The molecule has 1 saturated carbocycles. The fraction of sp³-hybridized carbons (Fsp3) is 0.357. The number of fused-ring (bicyclic) bond motifs is 1. The summed E-state index contributed by atoms with van der Waals surface area (Å²) in [6.07, 6.45) is 3.13. The SMILES string of the molecule is NCC1(c2cccc3cnccc23)CC(F)(F)C1. The van der Waals surface area contributed by atoms with Crippen molar-refractivity contribution >= 4 is 10.8 Å². The second-order valence-corrected chi connectivity index (χ2v) is 5.10. The number of hydrogen-bond donors (Lipinski definition) is 1. The lowest BCUT2D eigenvalue weighted by molar-refractivity contribution is -0.123. The van der Waals surface area contributed by atoms with Gasteiger partial charge in [0.05, 0.1) is 0 Å². The van der Waals surface area contributed by atoms with Crippen LogP contribution in [0, 0.1) is 0 Å².